The van der Waals surface area contributed by atoms with Crippen molar-refractivity contribution >= 4 is 0 Å². The Bertz CT molecular complexity index is 420. The van der Waals surface area contributed by atoms with Gasteiger partial charge < -0.3 is 11.1 Å². The molecule has 0 aromatic heterocycles. The molecule has 1 unspecified atom stereocenters. The van der Waals surface area contributed by atoms with Crippen LogP contribution >= 0.6 is 0 Å². The Labute approximate surface area is 123 Å². The molecule has 1 fully saturated rings. The van der Waals surface area contributed by atoms with Crippen molar-refractivity contribution in [2.24, 2.45) is 5.73 Å². The summed E-state index contributed by atoms with van der Waals surface area (Å²) in [7, 11) is 0. The van der Waals surface area contributed by atoms with Crippen molar-refractivity contribution in [2.45, 2.75) is 56.8 Å². The Kier molecular flexibility index (Phi) is 5.65. The highest BCUT2D eigenvalue weighted by Gasteiger charge is 2.30. The highest BCUT2D eigenvalue weighted by molar-refractivity contribution is 5.27. The average molecular weight is 300 g/mol. The topological polar surface area (TPSA) is 38.0 Å². The first kappa shape index (κ1) is 16.3. The van der Waals surface area contributed by atoms with E-state index in [4.69, 9.17) is 5.73 Å². The van der Waals surface area contributed by atoms with E-state index < -0.39 is 11.7 Å². The molecule has 1 aromatic carbocycles. The molecule has 1 aromatic rings. The van der Waals surface area contributed by atoms with Gasteiger partial charge in [0.2, 0.25) is 0 Å². The van der Waals surface area contributed by atoms with Crippen molar-refractivity contribution in [2.75, 3.05) is 6.54 Å². The lowest BCUT2D eigenvalue weighted by atomic mass is 10.0. The van der Waals surface area contributed by atoms with Crippen LogP contribution in [-0.4, -0.2) is 12.6 Å². The van der Waals surface area contributed by atoms with Crippen LogP contribution in [0.1, 0.15) is 55.7 Å². The Balaban J connectivity index is 2.03. The van der Waals surface area contributed by atoms with Gasteiger partial charge in [-0.25, -0.2) is 0 Å². The monoisotopic (exact) mass is 300 g/mol. The van der Waals surface area contributed by atoms with E-state index in [1.807, 2.05) is 0 Å². The van der Waals surface area contributed by atoms with Crippen molar-refractivity contribution in [3.63, 3.8) is 0 Å². The molecule has 0 aliphatic heterocycles. The predicted molar refractivity (Wildman–Crippen MR) is 77.9 cm³/mol. The Morgan fingerprint density at radius 3 is 2.10 bits per heavy atom. The maximum atomic E-state index is 12.6. The summed E-state index contributed by atoms with van der Waals surface area (Å²) in [6, 6.07) is 5.67. The van der Waals surface area contributed by atoms with Gasteiger partial charge in [-0.2, -0.15) is 13.2 Å². The minimum atomic E-state index is -4.29. The van der Waals surface area contributed by atoms with Crippen molar-refractivity contribution in [3.8, 4) is 0 Å². The van der Waals surface area contributed by atoms with E-state index >= 15 is 0 Å². The fourth-order valence-electron chi connectivity index (χ4n) is 2.94. The smallest absolute Gasteiger partial charge is 0.329 e. The molecule has 21 heavy (non-hydrogen) atoms. The van der Waals surface area contributed by atoms with Crippen molar-refractivity contribution in [3.05, 3.63) is 35.4 Å². The van der Waals surface area contributed by atoms with Crippen LogP contribution in [0.25, 0.3) is 0 Å². The fraction of sp³-hybridized carbons (Fsp3) is 0.625. The summed E-state index contributed by atoms with van der Waals surface area (Å²) in [5.41, 5.74) is 6.01. The SMILES string of the molecule is NCC(NC1CCCCCC1)c1ccc(C(F)(F)F)cc1. The van der Waals surface area contributed by atoms with Gasteiger partial charge in [0, 0.05) is 18.6 Å². The molecule has 2 rings (SSSR count). The summed E-state index contributed by atoms with van der Waals surface area (Å²) in [6.45, 7) is 0.391. The molecular formula is C16H23F3N2. The highest BCUT2D eigenvalue weighted by atomic mass is 19.4. The number of halogens is 3. The second-order valence-electron chi connectivity index (χ2n) is 5.76. The van der Waals surface area contributed by atoms with Crippen molar-refractivity contribution in [1.82, 2.24) is 5.32 Å². The molecular weight excluding hydrogens is 277 g/mol. The fourth-order valence-corrected chi connectivity index (χ4v) is 2.94. The Morgan fingerprint density at radius 2 is 1.62 bits per heavy atom. The van der Waals surface area contributed by atoms with Gasteiger partial charge in [-0.15, -0.1) is 0 Å². The van der Waals surface area contributed by atoms with Crippen LogP contribution in [0.3, 0.4) is 0 Å². The lowest BCUT2D eigenvalue weighted by molar-refractivity contribution is -0.137. The summed E-state index contributed by atoms with van der Waals surface area (Å²) in [5, 5.41) is 3.51. The Hall–Kier alpha value is -1.07. The van der Waals surface area contributed by atoms with Gasteiger partial charge >= 0.3 is 6.18 Å². The van der Waals surface area contributed by atoms with Gasteiger partial charge in [-0.05, 0) is 30.5 Å². The first-order valence-corrected chi connectivity index (χ1v) is 7.64. The summed E-state index contributed by atoms with van der Waals surface area (Å²) in [4.78, 5) is 0. The first-order valence-electron chi connectivity index (χ1n) is 7.64. The molecule has 2 nitrogen and oxygen atoms in total. The molecule has 1 saturated carbocycles. The third kappa shape index (κ3) is 4.71. The molecule has 1 aliphatic carbocycles. The van der Waals surface area contributed by atoms with Crippen LogP contribution in [0.5, 0.6) is 0 Å². The van der Waals surface area contributed by atoms with E-state index in [2.05, 4.69) is 5.32 Å². The molecule has 118 valence electrons. The third-order valence-corrected chi connectivity index (χ3v) is 4.17. The minimum Gasteiger partial charge on any atom is -0.329 e. The molecule has 0 amide bonds. The van der Waals surface area contributed by atoms with E-state index in [1.165, 1.54) is 37.8 Å². The van der Waals surface area contributed by atoms with E-state index in [0.29, 0.717) is 12.6 Å². The standard InChI is InChI=1S/C16H23F3N2/c17-16(18,19)13-9-7-12(8-10-13)15(11-20)21-14-5-3-1-2-4-6-14/h7-10,14-15,21H,1-6,11,20H2. The van der Waals surface area contributed by atoms with Crippen molar-refractivity contribution in [1.29, 1.82) is 0 Å². The van der Waals surface area contributed by atoms with Gasteiger partial charge in [0.15, 0.2) is 0 Å². The van der Waals surface area contributed by atoms with Crippen LogP contribution in [0.15, 0.2) is 24.3 Å². The number of nitrogens with two attached hydrogens (primary N) is 1. The maximum Gasteiger partial charge on any atom is 0.416 e. The number of benzene rings is 1. The number of alkyl halides is 3. The number of rotatable bonds is 4. The molecule has 0 saturated heterocycles. The average Bonchev–Trinajstić information content (AvgIpc) is 2.72. The van der Waals surface area contributed by atoms with Crippen molar-refractivity contribution < 1.29 is 13.2 Å². The zero-order chi connectivity index (χ0) is 15.3. The summed E-state index contributed by atoms with van der Waals surface area (Å²) in [6.07, 6.45) is 2.92. The lowest BCUT2D eigenvalue weighted by Crippen LogP contribution is -2.36. The molecule has 0 bridgehead atoms. The predicted octanol–water partition coefficient (Wildman–Crippen LogP) is 4.02. The normalized spacial score (nSPS) is 19.2. The van der Waals surface area contributed by atoms with Gasteiger partial charge in [0.1, 0.15) is 0 Å². The molecule has 1 aliphatic rings. The van der Waals surface area contributed by atoms with Crippen LogP contribution < -0.4 is 11.1 Å². The highest BCUT2D eigenvalue weighted by Crippen LogP contribution is 2.30. The van der Waals surface area contributed by atoms with Gasteiger partial charge in [0.25, 0.3) is 0 Å². The molecule has 3 N–H and O–H groups in total. The number of hydrogen-bond acceptors (Lipinski definition) is 2. The second-order valence-corrected chi connectivity index (χ2v) is 5.76. The van der Waals surface area contributed by atoms with E-state index in [1.54, 1.807) is 0 Å². The quantitative estimate of drug-likeness (QED) is 0.824. The van der Waals surface area contributed by atoms with Gasteiger partial charge in [-0.1, -0.05) is 37.8 Å². The first-order chi connectivity index (χ1) is 10.0. The number of hydrogen-bond donors (Lipinski definition) is 2. The van der Waals surface area contributed by atoms with Crippen LogP contribution in [0.2, 0.25) is 0 Å². The molecule has 0 radical (unpaired) electrons. The second kappa shape index (κ2) is 7.27. The number of nitrogens with one attached hydrogen (secondary N) is 1. The van der Waals surface area contributed by atoms with E-state index in [-0.39, 0.29) is 6.04 Å². The zero-order valence-electron chi connectivity index (χ0n) is 12.1. The largest absolute Gasteiger partial charge is 0.416 e. The Morgan fingerprint density at radius 1 is 1.05 bits per heavy atom. The summed E-state index contributed by atoms with van der Waals surface area (Å²) >= 11 is 0. The van der Waals surface area contributed by atoms with Crippen LogP contribution in [-0.2, 0) is 6.18 Å². The van der Waals surface area contributed by atoms with Crippen LogP contribution in [0, 0.1) is 0 Å². The summed E-state index contributed by atoms with van der Waals surface area (Å²) < 4.78 is 37.7. The minimum absolute atomic E-state index is 0.0737. The third-order valence-electron chi connectivity index (χ3n) is 4.17. The van der Waals surface area contributed by atoms with Gasteiger partial charge in [0.05, 0.1) is 5.56 Å². The lowest BCUT2D eigenvalue weighted by Gasteiger charge is -2.24. The zero-order valence-corrected chi connectivity index (χ0v) is 12.1. The maximum absolute atomic E-state index is 12.6. The van der Waals surface area contributed by atoms with Crippen LogP contribution in [0.4, 0.5) is 13.2 Å². The molecule has 0 spiro atoms. The molecule has 5 heteroatoms. The van der Waals surface area contributed by atoms with E-state index in [9.17, 15) is 13.2 Å². The van der Waals surface area contributed by atoms with E-state index in [0.717, 1.165) is 30.5 Å². The summed E-state index contributed by atoms with van der Waals surface area (Å²) in [5.74, 6) is 0. The molecule has 0 heterocycles. The molecule has 1 atom stereocenters. The van der Waals surface area contributed by atoms with Gasteiger partial charge in [-0.3, -0.25) is 0 Å².